The molecule has 0 saturated carbocycles. The van der Waals surface area contributed by atoms with Crippen molar-refractivity contribution in [3.63, 3.8) is 0 Å². The number of likely N-dealkylation sites (tertiary alicyclic amines) is 1. The Balaban J connectivity index is 2.49. The molecule has 1 rings (SSSR count). The van der Waals surface area contributed by atoms with E-state index in [0.29, 0.717) is 19.0 Å². The normalized spacial score (nSPS) is 20.7. The van der Waals surface area contributed by atoms with Gasteiger partial charge in [-0.15, -0.1) is 3.89 Å². The first kappa shape index (κ1) is 17.5. The lowest BCUT2D eigenvalue weighted by molar-refractivity contribution is -0.127. The van der Waals surface area contributed by atoms with E-state index in [1.165, 1.54) is 26.2 Å². The van der Waals surface area contributed by atoms with Crippen LogP contribution in [0.3, 0.4) is 0 Å². The summed E-state index contributed by atoms with van der Waals surface area (Å²) in [6, 6.07) is 0.493. The van der Waals surface area contributed by atoms with Gasteiger partial charge in [0.05, 0.1) is 0 Å². The van der Waals surface area contributed by atoms with Gasteiger partial charge in [0.25, 0.3) is 0 Å². The van der Waals surface area contributed by atoms with Crippen LogP contribution in [-0.4, -0.2) is 67.7 Å². The molecule has 7 nitrogen and oxygen atoms in total. The predicted octanol–water partition coefficient (Wildman–Crippen LogP) is 0.155. The van der Waals surface area contributed by atoms with Crippen molar-refractivity contribution >= 4 is 24.9 Å². The molecule has 0 bridgehead atoms. The molecule has 0 aromatic heterocycles. The number of carbonyl (C=O) groups is 1. The van der Waals surface area contributed by atoms with Crippen LogP contribution in [0.15, 0.2) is 0 Å². The second kappa shape index (κ2) is 6.94. The quantitative estimate of drug-likeness (QED) is 0.466. The Morgan fingerprint density at radius 1 is 1.30 bits per heavy atom. The van der Waals surface area contributed by atoms with Crippen LogP contribution < -0.4 is 0 Å². The molecular weight excluding hydrogens is 309 g/mol. The maximum Gasteiger partial charge on any atom is 0.500 e. The van der Waals surface area contributed by atoms with Crippen molar-refractivity contribution in [3.8, 4) is 0 Å². The first-order chi connectivity index (χ1) is 9.28. The number of carbonyl (C=O) groups excluding carboxylic acids is 1. The van der Waals surface area contributed by atoms with Crippen LogP contribution in [-0.2, 0) is 28.3 Å². The highest BCUT2D eigenvalue weighted by molar-refractivity contribution is 7.87. The lowest BCUT2D eigenvalue weighted by Crippen LogP contribution is -2.43. The van der Waals surface area contributed by atoms with E-state index in [9.17, 15) is 17.1 Å². The van der Waals surface area contributed by atoms with E-state index in [1.807, 2.05) is 0 Å². The zero-order valence-corrected chi connectivity index (χ0v) is 13.6. The first-order valence-electron chi connectivity index (χ1n) is 6.14. The van der Waals surface area contributed by atoms with Crippen LogP contribution in [0, 0.1) is 0 Å². The lowest BCUT2D eigenvalue weighted by Gasteiger charge is -2.25. The summed E-state index contributed by atoms with van der Waals surface area (Å²) >= 11 is 0. The smallest absolute Gasteiger partial charge is 0.377 e. The average Bonchev–Trinajstić information content (AvgIpc) is 2.77. The second-order valence-corrected chi connectivity index (χ2v) is 9.25. The highest BCUT2D eigenvalue weighted by Gasteiger charge is 2.40. The van der Waals surface area contributed by atoms with Crippen molar-refractivity contribution in [2.75, 3.05) is 34.4 Å². The number of hydrogen-bond donors (Lipinski definition) is 0. The van der Waals surface area contributed by atoms with Crippen molar-refractivity contribution in [1.29, 1.82) is 0 Å². The Kier molecular flexibility index (Phi) is 6.07. The highest BCUT2D eigenvalue weighted by atomic mass is 32.3. The molecule has 1 fully saturated rings. The lowest BCUT2D eigenvalue weighted by atomic mass is 10.4. The van der Waals surface area contributed by atoms with Gasteiger partial charge in [-0.2, -0.15) is 8.42 Å². The van der Waals surface area contributed by atoms with Gasteiger partial charge < -0.3 is 18.2 Å². The van der Waals surface area contributed by atoms with Crippen molar-refractivity contribution in [1.82, 2.24) is 4.90 Å². The van der Waals surface area contributed by atoms with Gasteiger partial charge in [0, 0.05) is 46.9 Å². The first-order valence-corrected chi connectivity index (χ1v) is 9.52. The molecule has 1 unspecified atom stereocenters. The van der Waals surface area contributed by atoms with Gasteiger partial charge in [0.15, 0.2) is 0 Å². The van der Waals surface area contributed by atoms with E-state index in [0.717, 1.165) is 0 Å². The van der Waals surface area contributed by atoms with Gasteiger partial charge >= 0.3 is 19.0 Å². The van der Waals surface area contributed by atoms with Crippen LogP contribution in [0.2, 0.25) is 6.04 Å². The standard InChI is InChI=1S/C10H20FNO6SSi/c1-16-20(17-2,18-3)6-4-5-12-8-9(7-10(12)13)19(11,14)15/h9H,4-8H2,1-3H3. The SMILES string of the molecule is CO[Si](CCCN1CC(S(=O)(=O)F)CC1=O)(OC)OC. The molecule has 1 saturated heterocycles. The van der Waals surface area contributed by atoms with Gasteiger partial charge in [-0.3, -0.25) is 4.79 Å². The molecule has 0 aromatic rings. The Labute approximate surface area is 119 Å². The summed E-state index contributed by atoms with van der Waals surface area (Å²) in [6.07, 6.45) is 0.243. The minimum Gasteiger partial charge on any atom is -0.377 e. The number of nitrogens with zero attached hydrogens (tertiary/aromatic N) is 1. The molecule has 1 atom stereocenters. The third-order valence-electron chi connectivity index (χ3n) is 3.42. The summed E-state index contributed by atoms with van der Waals surface area (Å²) in [5, 5.41) is -1.25. The van der Waals surface area contributed by atoms with Gasteiger partial charge in [0.2, 0.25) is 5.91 Å². The summed E-state index contributed by atoms with van der Waals surface area (Å²) < 4.78 is 50.2. The topological polar surface area (TPSA) is 82.1 Å². The minimum atomic E-state index is -4.66. The molecule has 1 heterocycles. The molecule has 0 spiro atoms. The molecular formula is C10H20FNO6SSi. The number of hydrogen-bond acceptors (Lipinski definition) is 6. The van der Waals surface area contributed by atoms with E-state index in [4.69, 9.17) is 13.3 Å². The molecule has 10 heteroatoms. The van der Waals surface area contributed by atoms with Crippen molar-refractivity contribution in [2.24, 2.45) is 0 Å². The number of amides is 1. The fourth-order valence-electron chi connectivity index (χ4n) is 2.18. The maximum atomic E-state index is 12.9. The van der Waals surface area contributed by atoms with E-state index < -0.39 is 24.3 Å². The van der Waals surface area contributed by atoms with Crippen molar-refractivity contribution in [2.45, 2.75) is 24.1 Å². The van der Waals surface area contributed by atoms with Crippen molar-refractivity contribution < 1.29 is 30.4 Å². The second-order valence-electron chi connectivity index (χ2n) is 4.54. The van der Waals surface area contributed by atoms with Gasteiger partial charge in [-0.25, -0.2) is 0 Å². The molecule has 1 amide bonds. The zero-order valence-electron chi connectivity index (χ0n) is 11.8. The molecule has 0 aromatic carbocycles. The highest BCUT2D eigenvalue weighted by Crippen LogP contribution is 2.21. The van der Waals surface area contributed by atoms with E-state index in [1.54, 1.807) is 0 Å². The summed E-state index contributed by atoms with van der Waals surface area (Å²) in [7, 11) is -2.88. The molecule has 0 N–H and O–H groups in total. The molecule has 0 aliphatic carbocycles. The molecule has 1 aliphatic rings. The van der Waals surface area contributed by atoms with E-state index in [-0.39, 0.29) is 18.9 Å². The third kappa shape index (κ3) is 4.22. The van der Waals surface area contributed by atoms with Gasteiger partial charge in [-0.1, -0.05) is 0 Å². The largest absolute Gasteiger partial charge is 0.500 e. The summed E-state index contributed by atoms with van der Waals surface area (Å²) in [5.41, 5.74) is 0. The summed E-state index contributed by atoms with van der Waals surface area (Å²) in [6.45, 7) is 0.231. The van der Waals surface area contributed by atoms with Crippen LogP contribution in [0.1, 0.15) is 12.8 Å². The third-order valence-corrected chi connectivity index (χ3v) is 7.37. The van der Waals surface area contributed by atoms with E-state index >= 15 is 0 Å². The Hall–Kier alpha value is -0.553. The monoisotopic (exact) mass is 329 g/mol. The summed E-state index contributed by atoms with van der Waals surface area (Å²) in [4.78, 5) is 13.0. The minimum absolute atomic E-state index is 0.0980. The predicted molar refractivity (Wildman–Crippen MR) is 71.2 cm³/mol. The fourth-order valence-corrected chi connectivity index (χ4v) is 4.59. The van der Waals surface area contributed by atoms with Crippen molar-refractivity contribution in [3.05, 3.63) is 0 Å². The van der Waals surface area contributed by atoms with Gasteiger partial charge in [0.1, 0.15) is 5.25 Å². The number of rotatable bonds is 8. The summed E-state index contributed by atoms with van der Waals surface area (Å²) in [5.74, 6) is -0.351. The molecule has 0 radical (unpaired) electrons. The van der Waals surface area contributed by atoms with Crippen LogP contribution in [0.4, 0.5) is 3.89 Å². The van der Waals surface area contributed by atoms with Crippen LogP contribution in [0.5, 0.6) is 0 Å². The van der Waals surface area contributed by atoms with Gasteiger partial charge in [-0.05, 0) is 6.42 Å². The Morgan fingerprint density at radius 3 is 2.25 bits per heavy atom. The average molecular weight is 329 g/mol. The zero-order chi connectivity index (χ0) is 15.4. The molecule has 20 heavy (non-hydrogen) atoms. The number of halogens is 1. The van der Waals surface area contributed by atoms with Crippen LogP contribution >= 0.6 is 0 Å². The fraction of sp³-hybridized carbons (Fsp3) is 0.900. The Bertz CT molecular complexity index is 433. The Morgan fingerprint density at radius 2 is 1.85 bits per heavy atom. The van der Waals surface area contributed by atoms with Crippen LogP contribution in [0.25, 0.3) is 0 Å². The maximum absolute atomic E-state index is 12.9. The molecule has 1 aliphatic heterocycles. The van der Waals surface area contributed by atoms with E-state index in [2.05, 4.69) is 0 Å². The molecule has 118 valence electrons.